The number of unbranched alkanes of at least 4 members (excludes halogenated alkanes) is 3. The number of para-hydroxylation sites is 1. The summed E-state index contributed by atoms with van der Waals surface area (Å²) in [5.41, 5.74) is 3.09. The molecule has 0 fully saturated rings. The predicted molar refractivity (Wildman–Crippen MR) is 118 cm³/mol. The van der Waals surface area contributed by atoms with Crippen molar-refractivity contribution in [1.29, 1.82) is 0 Å². The van der Waals surface area contributed by atoms with Crippen LogP contribution in [0, 0.1) is 0 Å². The molecule has 1 aromatic heterocycles. The molecule has 0 bridgehead atoms. The number of Topliss-reactive ketones (excluding diaryl/α,β-unsaturated/α-hetero) is 1. The Morgan fingerprint density at radius 1 is 1.00 bits per heavy atom. The molecule has 3 rings (SSSR count). The van der Waals surface area contributed by atoms with Gasteiger partial charge in [-0.1, -0.05) is 60.3 Å². The van der Waals surface area contributed by atoms with Crippen molar-refractivity contribution in [3.8, 4) is 0 Å². The number of carbonyl (C=O) groups is 1. The van der Waals surface area contributed by atoms with Crippen molar-refractivity contribution in [3.05, 3.63) is 69.8 Å². The first-order valence-electron chi connectivity index (χ1n) is 9.07. The van der Waals surface area contributed by atoms with Crippen LogP contribution < -0.4 is 0 Å². The largest absolute Gasteiger partial charge is 0.350 e. The highest BCUT2D eigenvalue weighted by atomic mass is 35.5. The zero-order valence-electron chi connectivity index (χ0n) is 15.4. The van der Waals surface area contributed by atoms with Gasteiger partial charge in [-0.3, -0.25) is 4.79 Å². The van der Waals surface area contributed by atoms with E-state index in [2.05, 4.69) is 0 Å². The summed E-state index contributed by atoms with van der Waals surface area (Å²) in [5, 5.41) is 2.46. The van der Waals surface area contributed by atoms with Crippen molar-refractivity contribution < 1.29 is 4.79 Å². The van der Waals surface area contributed by atoms with Gasteiger partial charge in [0, 0.05) is 46.2 Å². The number of carbonyl (C=O) groups excluding carboxylic acids is 1. The summed E-state index contributed by atoms with van der Waals surface area (Å²) in [4.78, 5) is 12.6. The Hall–Kier alpha value is -1.48. The molecule has 144 valence electrons. The van der Waals surface area contributed by atoms with Crippen molar-refractivity contribution in [2.75, 3.05) is 0 Å². The molecule has 2 nitrogen and oxygen atoms in total. The molecule has 3 aromatic rings. The maximum Gasteiger partial charge on any atom is 0.165 e. The standard InChI is InChI=1S/C22H23Cl2NO.ClH/c1-25-15-19(18-9-6-7-10-21(18)25)22(26)11-5-3-2-4-8-16-12-13-17(23)14-20(16)24;/h6-7,9-10,12-15H,2-5,8,11H2,1H3;1H. The molecule has 0 unspecified atom stereocenters. The van der Waals surface area contributed by atoms with Crippen molar-refractivity contribution in [3.63, 3.8) is 0 Å². The fraction of sp³-hybridized carbons (Fsp3) is 0.318. The van der Waals surface area contributed by atoms with Crippen LogP contribution in [-0.4, -0.2) is 10.4 Å². The summed E-state index contributed by atoms with van der Waals surface area (Å²) in [7, 11) is 1.99. The second kappa shape index (κ2) is 10.2. The van der Waals surface area contributed by atoms with E-state index in [4.69, 9.17) is 23.2 Å². The Kier molecular flexibility index (Phi) is 8.22. The summed E-state index contributed by atoms with van der Waals surface area (Å²) >= 11 is 12.1. The van der Waals surface area contributed by atoms with Gasteiger partial charge in [-0.05, 0) is 43.0 Å². The van der Waals surface area contributed by atoms with Crippen LogP contribution in [0.4, 0.5) is 0 Å². The minimum absolute atomic E-state index is 0. The summed E-state index contributed by atoms with van der Waals surface area (Å²) in [6.07, 6.45) is 7.67. The number of aromatic nitrogens is 1. The molecule has 0 amide bonds. The van der Waals surface area contributed by atoms with Gasteiger partial charge >= 0.3 is 0 Å². The number of hydrogen-bond acceptors (Lipinski definition) is 1. The van der Waals surface area contributed by atoms with Gasteiger partial charge in [0.15, 0.2) is 5.78 Å². The predicted octanol–water partition coefficient (Wildman–Crippen LogP) is 7.28. The van der Waals surface area contributed by atoms with Gasteiger partial charge in [0.2, 0.25) is 0 Å². The average molecular weight is 425 g/mol. The Bertz CT molecular complexity index is 917. The minimum atomic E-state index is 0. The number of nitrogens with zero attached hydrogens (tertiary/aromatic N) is 1. The van der Waals surface area contributed by atoms with Crippen molar-refractivity contribution in [1.82, 2.24) is 4.57 Å². The van der Waals surface area contributed by atoms with Crippen LogP contribution in [0.25, 0.3) is 10.9 Å². The monoisotopic (exact) mass is 423 g/mol. The topological polar surface area (TPSA) is 22.0 Å². The molecule has 0 atom stereocenters. The molecule has 0 aliphatic rings. The Labute approximate surface area is 176 Å². The van der Waals surface area contributed by atoms with E-state index < -0.39 is 0 Å². The molecule has 0 saturated heterocycles. The average Bonchev–Trinajstić information content (AvgIpc) is 2.97. The molecule has 0 saturated carbocycles. The Morgan fingerprint density at radius 3 is 2.52 bits per heavy atom. The number of benzene rings is 2. The minimum Gasteiger partial charge on any atom is -0.350 e. The molecule has 2 aromatic carbocycles. The van der Waals surface area contributed by atoms with Crippen molar-refractivity contribution in [2.45, 2.75) is 38.5 Å². The fourth-order valence-electron chi connectivity index (χ4n) is 3.38. The molecule has 0 radical (unpaired) electrons. The third kappa shape index (κ3) is 5.51. The molecular weight excluding hydrogens is 401 g/mol. The normalized spacial score (nSPS) is 10.8. The van der Waals surface area contributed by atoms with E-state index in [9.17, 15) is 4.79 Å². The number of halogens is 3. The van der Waals surface area contributed by atoms with Gasteiger partial charge in [0.05, 0.1) is 0 Å². The highest BCUT2D eigenvalue weighted by molar-refractivity contribution is 6.35. The number of aryl methyl sites for hydroxylation is 2. The van der Waals surface area contributed by atoms with E-state index in [1.165, 1.54) is 0 Å². The van der Waals surface area contributed by atoms with E-state index in [1.54, 1.807) is 6.07 Å². The SMILES string of the molecule is Cl.Cn1cc(C(=O)CCCCCCc2ccc(Cl)cc2Cl)c2ccccc21. The van der Waals surface area contributed by atoms with E-state index >= 15 is 0 Å². The van der Waals surface area contributed by atoms with E-state index in [-0.39, 0.29) is 18.2 Å². The zero-order chi connectivity index (χ0) is 18.5. The fourth-order valence-corrected chi connectivity index (χ4v) is 3.88. The molecule has 0 aliphatic heterocycles. The first kappa shape index (κ1) is 21.8. The zero-order valence-corrected chi connectivity index (χ0v) is 17.7. The molecular formula is C22H24Cl3NO. The van der Waals surface area contributed by atoms with Crippen LogP contribution in [0.1, 0.15) is 48.0 Å². The number of hydrogen-bond donors (Lipinski definition) is 0. The summed E-state index contributed by atoms with van der Waals surface area (Å²) in [6, 6.07) is 13.7. The quantitative estimate of drug-likeness (QED) is 0.275. The number of fused-ring (bicyclic) bond motifs is 1. The summed E-state index contributed by atoms with van der Waals surface area (Å²) in [6.45, 7) is 0. The van der Waals surface area contributed by atoms with E-state index in [1.807, 2.05) is 54.2 Å². The molecule has 27 heavy (non-hydrogen) atoms. The third-order valence-electron chi connectivity index (χ3n) is 4.81. The van der Waals surface area contributed by atoms with Crippen molar-refractivity contribution >= 4 is 52.3 Å². The van der Waals surface area contributed by atoms with E-state index in [0.29, 0.717) is 11.4 Å². The molecule has 0 spiro atoms. The first-order chi connectivity index (χ1) is 12.6. The highest BCUT2D eigenvalue weighted by Crippen LogP contribution is 2.24. The second-order valence-electron chi connectivity index (χ2n) is 6.74. The van der Waals surface area contributed by atoms with Gasteiger partial charge < -0.3 is 4.57 Å². The summed E-state index contributed by atoms with van der Waals surface area (Å²) < 4.78 is 2.03. The van der Waals surface area contributed by atoms with Gasteiger partial charge in [-0.2, -0.15) is 0 Å². The van der Waals surface area contributed by atoms with Crippen LogP contribution in [0.2, 0.25) is 10.0 Å². The second-order valence-corrected chi connectivity index (χ2v) is 7.59. The first-order valence-corrected chi connectivity index (χ1v) is 9.83. The lowest BCUT2D eigenvalue weighted by Gasteiger charge is -2.05. The number of ketones is 1. The molecule has 0 N–H and O–H groups in total. The van der Waals surface area contributed by atoms with Crippen molar-refractivity contribution in [2.24, 2.45) is 7.05 Å². The van der Waals surface area contributed by atoms with Crippen LogP contribution in [0.15, 0.2) is 48.7 Å². The molecule has 0 aliphatic carbocycles. The smallest absolute Gasteiger partial charge is 0.165 e. The van der Waals surface area contributed by atoms with Crippen LogP contribution in [0.3, 0.4) is 0 Å². The lowest BCUT2D eigenvalue weighted by molar-refractivity contribution is 0.0980. The number of rotatable bonds is 8. The maximum absolute atomic E-state index is 12.6. The van der Waals surface area contributed by atoms with Gasteiger partial charge in [0.25, 0.3) is 0 Å². The van der Waals surface area contributed by atoms with Gasteiger partial charge in [0.1, 0.15) is 0 Å². The molecule has 5 heteroatoms. The summed E-state index contributed by atoms with van der Waals surface area (Å²) in [5.74, 6) is 0.238. The molecule has 1 heterocycles. The Balaban J connectivity index is 0.00000261. The van der Waals surface area contributed by atoms with Gasteiger partial charge in [-0.15, -0.1) is 12.4 Å². The maximum atomic E-state index is 12.6. The van der Waals surface area contributed by atoms with Crippen LogP contribution in [0.5, 0.6) is 0 Å². The van der Waals surface area contributed by atoms with Gasteiger partial charge in [-0.25, -0.2) is 0 Å². The lowest BCUT2D eigenvalue weighted by atomic mass is 10.0. The lowest BCUT2D eigenvalue weighted by Crippen LogP contribution is -1.98. The third-order valence-corrected chi connectivity index (χ3v) is 5.40. The van der Waals surface area contributed by atoms with Crippen LogP contribution >= 0.6 is 35.6 Å². The Morgan fingerprint density at radius 2 is 1.74 bits per heavy atom. The van der Waals surface area contributed by atoms with E-state index in [0.717, 1.165) is 59.2 Å². The highest BCUT2D eigenvalue weighted by Gasteiger charge is 2.13. The van der Waals surface area contributed by atoms with Crippen LogP contribution in [-0.2, 0) is 13.5 Å².